The molecule has 0 aromatic carbocycles. The van der Waals surface area contributed by atoms with Gasteiger partial charge in [0.05, 0.1) is 6.42 Å². The Morgan fingerprint density at radius 3 is 2.20 bits per heavy atom. The normalized spacial score (nSPS) is 11.1. The van der Waals surface area contributed by atoms with E-state index in [9.17, 15) is 4.79 Å². The first-order valence-corrected chi connectivity index (χ1v) is 5.62. The first-order chi connectivity index (χ1) is 7.10. The molecule has 0 bridgehead atoms. The van der Waals surface area contributed by atoms with E-state index in [1.807, 2.05) is 19.0 Å². The molecule has 0 saturated carbocycles. The molecule has 15 heavy (non-hydrogen) atoms. The van der Waals surface area contributed by atoms with Crippen LogP contribution in [0.5, 0.6) is 0 Å². The van der Waals surface area contributed by atoms with E-state index in [0.717, 1.165) is 26.2 Å². The van der Waals surface area contributed by atoms with Gasteiger partial charge in [0.1, 0.15) is 6.61 Å². The second-order valence-corrected chi connectivity index (χ2v) is 3.80. The molecular weight excluding hydrogens is 192 g/mol. The minimum absolute atomic E-state index is 0.101. The fourth-order valence-corrected chi connectivity index (χ4v) is 1.22. The lowest BCUT2D eigenvalue weighted by molar-refractivity contribution is -0.144. The monoisotopic (exact) mass is 216 g/mol. The highest BCUT2D eigenvalue weighted by atomic mass is 16.5. The summed E-state index contributed by atoms with van der Waals surface area (Å²) in [6.07, 6.45) is 0.477. The molecule has 0 N–H and O–H groups in total. The maximum atomic E-state index is 11.2. The van der Waals surface area contributed by atoms with Crippen LogP contribution in [0.1, 0.15) is 20.3 Å². The van der Waals surface area contributed by atoms with Crippen LogP contribution in [0.15, 0.2) is 0 Å². The van der Waals surface area contributed by atoms with Gasteiger partial charge in [0.2, 0.25) is 0 Å². The fraction of sp³-hybridized carbons (Fsp3) is 0.909. The third kappa shape index (κ3) is 8.39. The molecule has 0 aromatic rings. The van der Waals surface area contributed by atoms with Gasteiger partial charge in [-0.1, -0.05) is 13.8 Å². The SMILES string of the molecule is CCN(CC)CCOC(=O)CCN(C)C. The Kier molecular flexibility index (Phi) is 8.33. The Balaban J connectivity index is 3.46. The van der Waals surface area contributed by atoms with Gasteiger partial charge >= 0.3 is 5.97 Å². The van der Waals surface area contributed by atoms with Gasteiger partial charge in [-0.2, -0.15) is 0 Å². The molecule has 4 heteroatoms. The van der Waals surface area contributed by atoms with Crippen LogP contribution in [0.25, 0.3) is 0 Å². The molecule has 0 heterocycles. The largest absolute Gasteiger partial charge is 0.464 e. The number of hydrogen-bond acceptors (Lipinski definition) is 4. The summed E-state index contributed by atoms with van der Waals surface area (Å²) in [5.74, 6) is -0.101. The number of hydrogen-bond donors (Lipinski definition) is 0. The number of carbonyl (C=O) groups excluding carboxylic acids is 1. The molecule has 0 fully saturated rings. The van der Waals surface area contributed by atoms with E-state index in [4.69, 9.17) is 4.74 Å². The van der Waals surface area contributed by atoms with Crippen LogP contribution in [0.2, 0.25) is 0 Å². The summed E-state index contributed by atoms with van der Waals surface area (Å²) in [7, 11) is 3.90. The number of ether oxygens (including phenoxy) is 1. The highest BCUT2D eigenvalue weighted by Gasteiger charge is 2.04. The van der Waals surface area contributed by atoms with Crippen molar-refractivity contribution in [3.63, 3.8) is 0 Å². The van der Waals surface area contributed by atoms with Crippen LogP contribution in [0.3, 0.4) is 0 Å². The molecule has 0 aromatic heterocycles. The topological polar surface area (TPSA) is 32.8 Å². The van der Waals surface area contributed by atoms with Crippen molar-refractivity contribution in [1.82, 2.24) is 9.80 Å². The average Bonchev–Trinajstić information content (AvgIpc) is 2.21. The van der Waals surface area contributed by atoms with Crippen molar-refractivity contribution in [1.29, 1.82) is 0 Å². The van der Waals surface area contributed by atoms with E-state index in [1.54, 1.807) is 0 Å². The van der Waals surface area contributed by atoms with Crippen molar-refractivity contribution in [2.24, 2.45) is 0 Å². The van der Waals surface area contributed by atoms with Crippen LogP contribution in [0.4, 0.5) is 0 Å². The van der Waals surface area contributed by atoms with Gasteiger partial charge in [-0.05, 0) is 27.2 Å². The third-order valence-electron chi connectivity index (χ3n) is 2.33. The minimum atomic E-state index is -0.101. The molecule has 0 unspecified atom stereocenters. The molecule has 0 radical (unpaired) electrons. The quantitative estimate of drug-likeness (QED) is 0.562. The number of likely N-dealkylation sites (N-methyl/N-ethyl adjacent to an activating group) is 1. The van der Waals surface area contributed by atoms with Crippen molar-refractivity contribution in [3.8, 4) is 0 Å². The van der Waals surface area contributed by atoms with Crippen LogP contribution >= 0.6 is 0 Å². The molecule has 0 aliphatic heterocycles. The first kappa shape index (κ1) is 14.4. The van der Waals surface area contributed by atoms with Gasteiger partial charge in [0.15, 0.2) is 0 Å². The van der Waals surface area contributed by atoms with E-state index in [0.29, 0.717) is 13.0 Å². The molecular formula is C11H24N2O2. The van der Waals surface area contributed by atoms with Crippen molar-refractivity contribution in [3.05, 3.63) is 0 Å². The summed E-state index contributed by atoms with van der Waals surface area (Å²) < 4.78 is 5.12. The van der Waals surface area contributed by atoms with E-state index < -0.39 is 0 Å². The molecule has 4 nitrogen and oxygen atoms in total. The van der Waals surface area contributed by atoms with Crippen LogP contribution in [0, 0.1) is 0 Å². The predicted octanol–water partition coefficient (Wildman–Crippen LogP) is 0.823. The summed E-state index contributed by atoms with van der Waals surface area (Å²) in [4.78, 5) is 15.5. The van der Waals surface area contributed by atoms with Crippen molar-refractivity contribution in [2.75, 3.05) is 46.9 Å². The number of esters is 1. The standard InChI is InChI=1S/C11H24N2O2/c1-5-13(6-2)9-10-15-11(14)7-8-12(3)4/h5-10H2,1-4H3. The summed E-state index contributed by atoms with van der Waals surface area (Å²) in [6, 6.07) is 0. The number of rotatable bonds is 8. The molecule has 0 aliphatic rings. The summed E-state index contributed by atoms with van der Waals surface area (Å²) in [5.41, 5.74) is 0. The van der Waals surface area contributed by atoms with Crippen molar-refractivity contribution in [2.45, 2.75) is 20.3 Å². The van der Waals surface area contributed by atoms with Gasteiger partial charge in [0.25, 0.3) is 0 Å². The summed E-state index contributed by atoms with van der Waals surface area (Å²) in [5, 5.41) is 0. The molecule has 0 amide bonds. The zero-order valence-corrected chi connectivity index (χ0v) is 10.5. The Morgan fingerprint density at radius 1 is 1.13 bits per heavy atom. The van der Waals surface area contributed by atoms with E-state index in [2.05, 4.69) is 18.7 Å². The van der Waals surface area contributed by atoms with Crippen molar-refractivity contribution < 1.29 is 9.53 Å². The summed E-state index contributed by atoms with van der Waals surface area (Å²) >= 11 is 0. The molecule has 0 rings (SSSR count). The highest BCUT2D eigenvalue weighted by Crippen LogP contribution is 1.91. The first-order valence-electron chi connectivity index (χ1n) is 5.62. The average molecular weight is 216 g/mol. The smallest absolute Gasteiger partial charge is 0.307 e. The van der Waals surface area contributed by atoms with Crippen LogP contribution in [-0.4, -0.2) is 62.7 Å². The number of nitrogens with zero attached hydrogens (tertiary/aromatic N) is 2. The predicted molar refractivity (Wildman–Crippen MR) is 61.9 cm³/mol. The lowest BCUT2D eigenvalue weighted by atomic mass is 10.4. The maximum absolute atomic E-state index is 11.2. The molecule has 0 spiro atoms. The van der Waals surface area contributed by atoms with Gasteiger partial charge in [0, 0.05) is 13.1 Å². The van der Waals surface area contributed by atoms with Crippen LogP contribution < -0.4 is 0 Å². The van der Waals surface area contributed by atoms with Gasteiger partial charge in [-0.3, -0.25) is 4.79 Å². The Hall–Kier alpha value is -0.610. The van der Waals surface area contributed by atoms with E-state index in [-0.39, 0.29) is 5.97 Å². The Bertz CT molecular complexity index is 168. The van der Waals surface area contributed by atoms with Gasteiger partial charge in [-0.25, -0.2) is 0 Å². The third-order valence-corrected chi connectivity index (χ3v) is 2.33. The lowest BCUT2D eigenvalue weighted by Gasteiger charge is -2.17. The van der Waals surface area contributed by atoms with Gasteiger partial charge in [-0.15, -0.1) is 0 Å². The molecule has 0 atom stereocenters. The maximum Gasteiger partial charge on any atom is 0.307 e. The Morgan fingerprint density at radius 2 is 1.73 bits per heavy atom. The minimum Gasteiger partial charge on any atom is -0.464 e. The van der Waals surface area contributed by atoms with E-state index in [1.165, 1.54) is 0 Å². The van der Waals surface area contributed by atoms with E-state index >= 15 is 0 Å². The summed E-state index contributed by atoms with van der Waals surface area (Å²) in [6.45, 7) is 8.32. The number of carbonyl (C=O) groups is 1. The lowest BCUT2D eigenvalue weighted by Crippen LogP contribution is -2.28. The highest BCUT2D eigenvalue weighted by molar-refractivity contribution is 5.69. The fourth-order valence-electron chi connectivity index (χ4n) is 1.22. The second-order valence-electron chi connectivity index (χ2n) is 3.80. The zero-order valence-electron chi connectivity index (χ0n) is 10.5. The molecule has 0 saturated heterocycles. The molecule has 0 aliphatic carbocycles. The van der Waals surface area contributed by atoms with Gasteiger partial charge < -0.3 is 14.5 Å². The second kappa shape index (κ2) is 8.68. The van der Waals surface area contributed by atoms with Crippen LogP contribution in [-0.2, 0) is 9.53 Å². The molecule has 90 valence electrons. The zero-order chi connectivity index (χ0) is 11.7. The Labute approximate surface area is 93.2 Å². The van der Waals surface area contributed by atoms with Crippen molar-refractivity contribution >= 4 is 5.97 Å².